The van der Waals surface area contributed by atoms with Crippen LogP contribution in [0.2, 0.25) is 0 Å². The maximum absolute atomic E-state index is 13.7. The van der Waals surface area contributed by atoms with Crippen LogP contribution in [-0.2, 0) is 19.4 Å². The molecule has 2 aromatic rings. The van der Waals surface area contributed by atoms with E-state index >= 15 is 0 Å². The molecule has 122 valence electrons. The van der Waals surface area contributed by atoms with Gasteiger partial charge in [0.2, 0.25) is 0 Å². The minimum absolute atomic E-state index is 0.0481. The molecule has 0 aliphatic carbocycles. The van der Waals surface area contributed by atoms with Crippen molar-refractivity contribution in [2.75, 3.05) is 6.54 Å². The summed E-state index contributed by atoms with van der Waals surface area (Å²) >= 11 is 0. The zero-order chi connectivity index (χ0) is 16.4. The van der Waals surface area contributed by atoms with Gasteiger partial charge in [0.1, 0.15) is 11.5 Å². The molecule has 0 atom stereocenters. The summed E-state index contributed by atoms with van der Waals surface area (Å²) in [7, 11) is 0. The van der Waals surface area contributed by atoms with Gasteiger partial charge in [-0.1, -0.05) is 13.8 Å². The summed E-state index contributed by atoms with van der Waals surface area (Å²) in [5, 5.41) is 0. The minimum atomic E-state index is -0.596. The lowest BCUT2D eigenvalue weighted by atomic mass is 10.1. The van der Waals surface area contributed by atoms with Gasteiger partial charge in [-0.25, -0.2) is 9.37 Å². The number of aryl methyl sites for hydroxylation is 1. The molecular weight excluding hydrogens is 297 g/mol. The van der Waals surface area contributed by atoms with E-state index in [2.05, 4.69) is 23.8 Å². The van der Waals surface area contributed by atoms with Crippen molar-refractivity contribution in [2.45, 2.75) is 39.7 Å². The van der Waals surface area contributed by atoms with Gasteiger partial charge in [-0.15, -0.1) is 0 Å². The Kier molecular flexibility index (Phi) is 4.41. The topological polar surface area (TPSA) is 59.2 Å². The normalized spacial score (nSPS) is 14.2. The second-order valence-electron chi connectivity index (χ2n) is 6.24. The summed E-state index contributed by atoms with van der Waals surface area (Å²) in [4.78, 5) is 22.2. The number of amides is 1. The first kappa shape index (κ1) is 15.6. The molecule has 3 heterocycles. The number of pyridine rings is 1. The smallest absolute Gasteiger partial charge is 0.257 e. The fraction of sp³-hybridized carbons (Fsp3) is 0.471. The van der Waals surface area contributed by atoms with Gasteiger partial charge in [-0.3, -0.25) is 9.78 Å². The maximum Gasteiger partial charge on any atom is 0.257 e. The van der Waals surface area contributed by atoms with Gasteiger partial charge >= 0.3 is 0 Å². The van der Waals surface area contributed by atoms with Crippen LogP contribution < -0.4 is 0 Å². The van der Waals surface area contributed by atoms with Gasteiger partial charge in [-0.05, 0) is 18.4 Å². The minimum Gasteiger partial charge on any atom is -0.445 e. The number of fused-ring (bicyclic) bond motifs is 1. The summed E-state index contributed by atoms with van der Waals surface area (Å²) in [6.45, 7) is 5.19. The van der Waals surface area contributed by atoms with Crippen LogP contribution in [0, 0.1) is 11.7 Å². The number of rotatable bonds is 4. The molecule has 0 unspecified atom stereocenters. The van der Waals surface area contributed by atoms with Gasteiger partial charge in [0.25, 0.3) is 5.91 Å². The summed E-state index contributed by atoms with van der Waals surface area (Å²) in [6, 6.07) is 1.41. The van der Waals surface area contributed by atoms with Crippen LogP contribution >= 0.6 is 0 Å². The number of carbonyl (C=O) groups is 1. The summed E-state index contributed by atoms with van der Waals surface area (Å²) in [6.07, 6.45) is 4.92. The monoisotopic (exact) mass is 317 g/mol. The van der Waals surface area contributed by atoms with Crippen LogP contribution in [-0.4, -0.2) is 27.3 Å². The third-order valence-corrected chi connectivity index (χ3v) is 4.00. The maximum atomic E-state index is 13.7. The highest BCUT2D eigenvalue weighted by atomic mass is 19.1. The molecule has 1 aliphatic rings. The SMILES string of the molecule is CC(C)CCc1nc2c(o1)CCN(C(=O)c1ccncc1F)C2. The van der Waals surface area contributed by atoms with Crippen molar-refractivity contribution in [2.24, 2.45) is 5.92 Å². The third kappa shape index (κ3) is 3.41. The molecule has 3 rings (SSSR count). The summed E-state index contributed by atoms with van der Waals surface area (Å²) in [5.41, 5.74) is 0.838. The Morgan fingerprint density at radius 1 is 1.48 bits per heavy atom. The van der Waals surface area contributed by atoms with Crippen LogP contribution in [0.3, 0.4) is 0 Å². The van der Waals surface area contributed by atoms with Crippen molar-refractivity contribution in [1.29, 1.82) is 0 Å². The van der Waals surface area contributed by atoms with Crippen molar-refractivity contribution in [3.8, 4) is 0 Å². The van der Waals surface area contributed by atoms with Gasteiger partial charge in [-0.2, -0.15) is 0 Å². The van der Waals surface area contributed by atoms with E-state index in [1.165, 1.54) is 12.3 Å². The molecule has 0 aromatic carbocycles. The van der Waals surface area contributed by atoms with Gasteiger partial charge in [0.05, 0.1) is 18.3 Å². The predicted octanol–water partition coefficient (Wildman–Crippen LogP) is 3.00. The fourth-order valence-electron chi connectivity index (χ4n) is 2.66. The molecule has 2 aromatic heterocycles. The van der Waals surface area contributed by atoms with E-state index in [9.17, 15) is 9.18 Å². The van der Waals surface area contributed by atoms with E-state index in [0.717, 1.165) is 36.4 Å². The molecule has 1 amide bonds. The largest absolute Gasteiger partial charge is 0.445 e. The molecule has 0 fully saturated rings. The highest BCUT2D eigenvalue weighted by molar-refractivity contribution is 5.94. The van der Waals surface area contributed by atoms with E-state index in [-0.39, 0.29) is 11.5 Å². The molecule has 0 saturated carbocycles. The Morgan fingerprint density at radius 2 is 2.30 bits per heavy atom. The van der Waals surface area contributed by atoms with Crippen molar-refractivity contribution in [1.82, 2.24) is 14.9 Å². The Labute approximate surface area is 134 Å². The van der Waals surface area contributed by atoms with Crippen LogP contribution in [0.1, 0.15) is 48.0 Å². The zero-order valence-corrected chi connectivity index (χ0v) is 13.4. The Morgan fingerprint density at radius 3 is 3.04 bits per heavy atom. The Bertz CT molecular complexity index is 712. The van der Waals surface area contributed by atoms with Crippen molar-refractivity contribution >= 4 is 5.91 Å². The molecule has 6 heteroatoms. The quantitative estimate of drug-likeness (QED) is 0.870. The number of halogens is 1. The molecule has 0 radical (unpaired) electrons. The van der Waals surface area contributed by atoms with Crippen molar-refractivity contribution in [3.05, 3.63) is 47.2 Å². The van der Waals surface area contributed by atoms with E-state index < -0.39 is 5.82 Å². The van der Waals surface area contributed by atoms with E-state index in [1.54, 1.807) is 4.90 Å². The number of nitrogens with zero attached hydrogens (tertiary/aromatic N) is 3. The van der Waals surface area contributed by atoms with Crippen molar-refractivity contribution < 1.29 is 13.6 Å². The molecule has 0 spiro atoms. The number of oxazole rings is 1. The van der Waals surface area contributed by atoms with Gasteiger partial charge < -0.3 is 9.32 Å². The average molecular weight is 317 g/mol. The lowest BCUT2D eigenvalue weighted by Gasteiger charge is -2.25. The highest BCUT2D eigenvalue weighted by Gasteiger charge is 2.27. The van der Waals surface area contributed by atoms with Crippen LogP contribution in [0.25, 0.3) is 0 Å². The average Bonchev–Trinajstić information content (AvgIpc) is 2.94. The van der Waals surface area contributed by atoms with Gasteiger partial charge in [0.15, 0.2) is 11.7 Å². The van der Waals surface area contributed by atoms with Crippen LogP contribution in [0.4, 0.5) is 4.39 Å². The Hall–Kier alpha value is -2.24. The first-order valence-electron chi connectivity index (χ1n) is 7.91. The van der Waals surface area contributed by atoms with Gasteiger partial charge in [0, 0.05) is 25.6 Å². The van der Waals surface area contributed by atoms with E-state index in [0.29, 0.717) is 25.4 Å². The number of aromatic nitrogens is 2. The van der Waals surface area contributed by atoms with E-state index in [1.807, 2.05) is 0 Å². The summed E-state index contributed by atoms with van der Waals surface area (Å²) in [5.74, 6) is 1.24. The predicted molar refractivity (Wildman–Crippen MR) is 82.3 cm³/mol. The second-order valence-corrected chi connectivity index (χ2v) is 6.24. The lowest BCUT2D eigenvalue weighted by Crippen LogP contribution is -2.36. The highest BCUT2D eigenvalue weighted by Crippen LogP contribution is 2.23. The van der Waals surface area contributed by atoms with Crippen LogP contribution in [0.15, 0.2) is 22.9 Å². The Balaban J connectivity index is 1.72. The van der Waals surface area contributed by atoms with Crippen molar-refractivity contribution in [3.63, 3.8) is 0 Å². The summed E-state index contributed by atoms with van der Waals surface area (Å²) < 4.78 is 19.5. The first-order chi connectivity index (χ1) is 11.0. The molecule has 0 saturated heterocycles. The molecule has 5 nitrogen and oxygen atoms in total. The molecule has 1 aliphatic heterocycles. The zero-order valence-electron chi connectivity index (χ0n) is 13.4. The molecule has 0 bridgehead atoms. The standard InChI is InChI=1S/C17H20FN3O2/c1-11(2)3-4-16-20-14-10-21(8-6-15(14)23-16)17(22)12-5-7-19-9-13(12)18/h5,7,9,11H,3-4,6,8,10H2,1-2H3. The van der Waals surface area contributed by atoms with Crippen LogP contribution in [0.5, 0.6) is 0 Å². The molecular formula is C17H20FN3O2. The van der Waals surface area contributed by atoms with E-state index in [4.69, 9.17) is 4.42 Å². The molecule has 23 heavy (non-hydrogen) atoms. The number of hydrogen-bond donors (Lipinski definition) is 0. The first-order valence-corrected chi connectivity index (χ1v) is 7.91. The third-order valence-electron chi connectivity index (χ3n) is 4.00. The molecule has 0 N–H and O–H groups in total. The lowest BCUT2D eigenvalue weighted by molar-refractivity contribution is 0.0723. The number of carbonyl (C=O) groups excluding carboxylic acids is 1. The number of hydrogen-bond acceptors (Lipinski definition) is 4. The second kappa shape index (κ2) is 6.48. The fourth-order valence-corrected chi connectivity index (χ4v) is 2.66.